The van der Waals surface area contributed by atoms with Crippen molar-refractivity contribution >= 4 is 34.3 Å². The van der Waals surface area contributed by atoms with E-state index >= 15 is 0 Å². The molecular weight excluding hydrogens is 336 g/mol. The predicted molar refractivity (Wildman–Crippen MR) is 100 cm³/mol. The molecule has 1 saturated heterocycles. The molecule has 4 rings (SSSR count). The van der Waals surface area contributed by atoms with E-state index in [1.165, 1.54) is 0 Å². The van der Waals surface area contributed by atoms with Gasteiger partial charge in [-0.3, -0.25) is 4.98 Å². The van der Waals surface area contributed by atoms with E-state index in [4.69, 9.17) is 11.6 Å². The Kier molecular flexibility index (Phi) is 4.61. The summed E-state index contributed by atoms with van der Waals surface area (Å²) in [5.74, 6) is 2.23. The number of rotatable bonds is 4. The first-order valence-corrected chi connectivity index (χ1v) is 8.84. The predicted octanol–water partition coefficient (Wildman–Crippen LogP) is 3.40. The summed E-state index contributed by atoms with van der Waals surface area (Å²) >= 11 is 6.19. The standard InChI is InChI=1S/C18H19ClN6/c19-16-11-15-14(3-1-6-20-15)17(24-16)25-9-4-13(5-10-25)12-23-18-21-7-2-8-22-18/h1-3,6-8,11,13H,4-5,9-10,12H2,(H,21,22,23). The zero-order valence-electron chi connectivity index (χ0n) is 13.8. The van der Waals surface area contributed by atoms with Crippen LogP contribution in [-0.2, 0) is 0 Å². The van der Waals surface area contributed by atoms with Crippen LogP contribution in [0.2, 0.25) is 5.15 Å². The van der Waals surface area contributed by atoms with Crippen LogP contribution in [0.4, 0.5) is 11.8 Å². The molecule has 1 aliphatic heterocycles. The lowest BCUT2D eigenvalue weighted by Gasteiger charge is -2.33. The van der Waals surface area contributed by atoms with Gasteiger partial charge in [0.1, 0.15) is 11.0 Å². The Labute approximate surface area is 151 Å². The van der Waals surface area contributed by atoms with Crippen molar-refractivity contribution in [3.63, 3.8) is 0 Å². The van der Waals surface area contributed by atoms with E-state index in [0.29, 0.717) is 17.0 Å². The second-order valence-corrected chi connectivity index (χ2v) is 6.61. The normalized spacial score (nSPS) is 15.5. The highest BCUT2D eigenvalue weighted by molar-refractivity contribution is 6.30. The summed E-state index contributed by atoms with van der Waals surface area (Å²) in [4.78, 5) is 19.7. The van der Waals surface area contributed by atoms with Crippen molar-refractivity contribution in [2.45, 2.75) is 12.8 Å². The average molecular weight is 355 g/mol. The maximum Gasteiger partial charge on any atom is 0.222 e. The molecular formula is C18H19ClN6. The molecule has 0 atom stereocenters. The number of halogens is 1. The summed E-state index contributed by atoms with van der Waals surface area (Å²) in [7, 11) is 0. The molecule has 3 aromatic heterocycles. The second kappa shape index (κ2) is 7.19. The highest BCUT2D eigenvalue weighted by atomic mass is 35.5. The van der Waals surface area contributed by atoms with Gasteiger partial charge in [0.05, 0.1) is 5.52 Å². The molecule has 0 bridgehead atoms. The number of fused-ring (bicyclic) bond motifs is 1. The molecule has 1 fully saturated rings. The molecule has 1 N–H and O–H groups in total. The van der Waals surface area contributed by atoms with Crippen LogP contribution >= 0.6 is 11.6 Å². The van der Waals surface area contributed by atoms with Gasteiger partial charge in [-0.25, -0.2) is 15.0 Å². The third-order valence-corrected chi connectivity index (χ3v) is 4.77. The van der Waals surface area contributed by atoms with E-state index in [1.54, 1.807) is 18.6 Å². The van der Waals surface area contributed by atoms with E-state index in [2.05, 4.69) is 36.2 Å². The summed E-state index contributed by atoms with van der Waals surface area (Å²) in [6.07, 6.45) is 7.47. The molecule has 0 aliphatic carbocycles. The molecule has 1 aliphatic rings. The third kappa shape index (κ3) is 3.64. The number of hydrogen-bond acceptors (Lipinski definition) is 6. The van der Waals surface area contributed by atoms with Crippen LogP contribution in [0.25, 0.3) is 10.9 Å². The average Bonchev–Trinajstić information content (AvgIpc) is 2.67. The summed E-state index contributed by atoms with van der Waals surface area (Å²) < 4.78 is 0. The lowest BCUT2D eigenvalue weighted by atomic mass is 9.96. The van der Waals surface area contributed by atoms with Crippen LogP contribution in [0.15, 0.2) is 42.9 Å². The van der Waals surface area contributed by atoms with Crippen molar-refractivity contribution in [1.82, 2.24) is 19.9 Å². The first-order valence-electron chi connectivity index (χ1n) is 8.47. The summed E-state index contributed by atoms with van der Waals surface area (Å²) in [6.45, 7) is 2.81. The number of nitrogens with zero attached hydrogens (tertiary/aromatic N) is 5. The molecule has 0 aromatic carbocycles. The largest absolute Gasteiger partial charge is 0.356 e. The van der Waals surface area contributed by atoms with E-state index in [-0.39, 0.29) is 0 Å². The van der Waals surface area contributed by atoms with Crippen LogP contribution in [0.3, 0.4) is 0 Å². The Balaban J connectivity index is 1.42. The Morgan fingerprint density at radius 3 is 2.64 bits per heavy atom. The Hall–Kier alpha value is -2.47. The number of hydrogen-bond donors (Lipinski definition) is 1. The van der Waals surface area contributed by atoms with Gasteiger partial charge in [-0.2, -0.15) is 0 Å². The molecule has 128 valence electrons. The SMILES string of the molecule is Clc1cc2ncccc2c(N2CCC(CNc3ncccn3)CC2)n1. The molecule has 3 aromatic rings. The molecule has 4 heterocycles. The van der Waals surface area contributed by atoms with Gasteiger partial charge in [0.2, 0.25) is 5.95 Å². The number of aromatic nitrogens is 4. The van der Waals surface area contributed by atoms with Crippen LogP contribution in [0.5, 0.6) is 0 Å². The van der Waals surface area contributed by atoms with Crippen molar-refractivity contribution in [3.8, 4) is 0 Å². The molecule has 0 radical (unpaired) electrons. The zero-order chi connectivity index (χ0) is 17.1. The lowest BCUT2D eigenvalue weighted by molar-refractivity contribution is 0.422. The minimum absolute atomic E-state index is 0.492. The fourth-order valence-electron chi connectivity index (χ4n) is 3.24. The molecule has 0 spiro atoms. The smallest absolute Gasteiger partial charge is 0.222 e. The molecule has 0 unspecified atom stereocenters. The first kappa shape index (κ1) is 16.0. The van der Waals surface area contributed by atoms with Gasteiger partial charge in [0.25, 0.3) is 0 Å². The number of piperidine rings is 1. The monoisotopic (exact) mass is 354 g/mol. The van der Waals surface area contributed by atoms with Crippen molar-refractivity contribution in [2.24, 2.45) is 5.92 Å². The topological polar surface area (TPSA) is 66.8 Å². The van der Waals surface area contributed by atoms with E-state index in [9.17, 15) is 0 Å². The molecule has 0 amide bonds. The summed E-state index contributed by atoms with van der Waals surface area (Å²) in [5.41, 5.74) is 0.891. The Morgan fingerprint density at radius 2 is 1.84 bits per heavy atom. The van der Waals surface area contributed by atoms with Gasteiger partial charge >= 0.3 is 0 Å². The van der Waals surface area contributed by atoms with Crippen molar-refractivity contribution in [3.05, 3.63) is 48.0 Å². The lowest BCUT2D eigenvalue weighted by Crippen LogP contribution is -2.36. The molecule has 6 nitrogen and oxygen atoms in total. The summed E-state index contributed by atoms with van der Waals surface area (Å²) in [6, 6.07) is 7.64. The zero-order valence-corrected chi connectivity index (χ0v) is 14.5. The minimum atomic E-state index is 0.492. The fourth-order valence-corrected chi connectivity index (χ4v) is 3.43. The van der Waals surface area contributed by atoms with Crippen molar-refractivity contribution in [1.29, 1.82) is 0 Å². The molecule has 0 saturated carbocycles. The quantitative estimate of drug-likeness (QED) is 0.724. The Morgan fingerprint density at radius 1 is 1.08 bits per heavy atom. The van der Waals surface area contributed by atoms with E-state index in [0.717, 1.165) is 49.2 Å². The highest BCUT2D eigenvalue weighted by Gasteiger charge is 2.22. The van der Waals surface area contributed by atoms with Gasteiger partial charge < -0.3 is 10.2 Å². The Bertz CT molecular complexity index is 849. The first-order chi connectivity index (χ1) is 12.3. The second-order valence-electron chi connectivity index (χ2n) is 6.22. The number of nitrogens with one attached hydrogen (secondary N) is 1. The third-order valence-electron chi connectivity index (χ3n) is 4.58. The van der Waals surface area contributed by atoms with Crippen LogP contribution < -0.4 is 10.2 Å². The van der Waals surface area contributed by atoms with Gasteiger partial charge in [0, 0.05) is 49.7 Å². The van der Waals surface area contributed by atoms with Crippen LogP contribution in [0.1, 0.15) is 12.8 Å². The summed E-state index contributed by atoms with van der Waals surface area (Å²) in [5, 5.41) is 4.87. The van der Waals surface area contributed by atoms with E-state index in [1.807, 2.05) is 18.2 Å². The number of anilines is 2. The number of pyridine rings is 2. The minimum Gasteiger partial charge on any atom is -0.356 e. The van der Waals surface area contributed by atoms with Gasteiger partial charge in [-0.15, -0.1) is 0 Å². The fraction of sp³-hybridized carbons (Fsp3) is 0.333. The molecule has 25 heavy (non-hydrogen) atoms. The van der Waals surface area contributed by atoms with Crippen molar-refractivity contribution in [2.75, 3.05) is 29.9 Å². The van der Waals surface area contributed by atoms with Gasteiger partial charge in [-0.1, -0.05) is 11.6 Å². The maximum atomic E-state index is 6.19. The molecule has 7 heteroatoms. The maximum absolute atomic E-state index is 6.19. The van der Waals surface area contributed by atoms with Gasteiger partial charge in [-0.05, 0) is 37.0 Å². The van der Waals surface area contributed by atoms with Crippen LogP contribution in [-0.4, -0.2) is 39.6 Å². The van der Waals surface area contributed by atoms with Gasteiger partial charge in [0.15, 0.2) is 0 Å². The van der Waals surface area contributed by atoms with Crippen molar-refractivity contribution < 1.29 is 0 Å². The van der Waals surface area contributed by atoms with E-state index < -0.39 is 0 Å². The van der Waals surface area contributed by atoms with Crippen LogP contribution in [0, 0.1) is 5.92 Å². The highest BCUT2D eigenvalue weighted by Crippen LogP contribution is 2.29.